The van der Waals surface area contributed by atoms with Crippen LogP contribution in [0, 0.1) is 0 Å². The van der Waals surface area contributed by atoms with Crippen LogP contribution in [0.4, 0.5) is 5.69 Å². The highest BCUT2D eigenvalue weighted by atomic mass is 35.5. The third-order valence-corrected chi connectivity index (χ3v) is 7.37. The molecule has 34 heavy (non-hydrogen) atoms. The summed E-state index contributed by atoms with van der Waals surface area (Å²) in [5, 5.41) is 0.567. The Kier molecular flexibility index (Phi) is 8.57. The number of aromatic nitrogens is 1. The molecule has 0 spiro atoms. The number of rotatable bonds is 8. The number of pyridine rings is 1. The molecule has 2 aromatic heterocycles. The molecule has 0 bridgehead atoms. The number of nitrogens with zero attached hydrogens (tertiary/aromatic N) is 2. The Morgan fingerprint density at radius 2 is 1.91 bits per heavy atom. The number of amides is 1. The predicted molar refractivity (Wildman–Crippen MR) is 137 cm³/mol. The van der Waals surface area contributed by atoms with Gasteiger partial charge in [-0.1, -0.05) is 25.4 Å². The van der Waals surface area contributed by atoms with E-state index in [2.05, 4.69) is 4.98 Å². The molecule has 1 aliphatic rings. The Balaban J connectivity index is 0.00000158. The molecule has 0 unspecified atom stereocenters. The van der Waals surface area contributed by atoms with E-state index in [1.807, 2.05) is 26.0 Å². The lowest BCUT2D eigenvalue weighted by molar-refractivity contribution is 0.1000. The summed E-state index contributed by atoms with van der Waals surface area (Å²) < 4.78 is 33.6. The number of benzene rings is 1. The Hall–Kier alpha value is -2.62. The first-order chi connectivity index (χ1) is 16.2. The van der Waals surface area contributed by atoms with Crippen molar-refractivity contribution in [3.05, 3.63) is 58.1 Å². The first-order valence-corrected chi connectivity index (χ1v) is 14.1. The van der Waals surface area contributed by atoms with Gasteiger partial charge < -0.3 is 14.4 Å². The molecular weight excluding hydrogens is 496 g/mol. The number of fused-ring (bicyclic) bond motifs is 1. The average molecular weight is 523 g/mol. The highest BCUT2D eigenvalue weighted by Gasteiger charge is 2.32. The van der Waals surface area contributed by atoms with Crippen molar-refractivity contribution in [3.63, 3.8) is 0 Å². The number of hydrogen-bond acceptors (Lipinski definition) is 7. The zero-order chi connectivity index (χ0) is 24.9. The number of ether oxygens (including phenoxy) is 2. The van der Waals surface area contributed by atoms with Crippen LogP contribution in [0.2, 0.25) is 5.02 Å². The van der Waals surface area contributed by atoms with Crippen LogP contribution < -0.4 is 14.4 Å². The van der Waals surface area contributed by atoms with Crippen LogP contribution in [-0.4, -0.2) is 45.0 Å². The molecule has 0 fully saturated rings. The summed E-state index contributed by atoms with van der Waals surface area (Å²) in [4.78, 5) is 20.7. The topological polar surface area (TPSA) is 85.8 Å². The van der Waals surface area contributed by atoms with Gasteiger partial charge in [-0.25, -0.2) is 8.42 Å². The minimum atomic E-state index is -3.03. The van der Waals surface area contributed by atoms with Gasteiger partial charge in [-0.2, -0.15) is 0 Å². The molecule has 0 N–H and O–H groups in total. The molecule has 7 nitrogen and oxygen atoms in total. The van der Waals surface area contributed by atoms with Gasteiger partial charge in [0.1, 0.15) is 9.84 Å². The number of methoxy groups -OCH3 is 1. The van der Waals surface area contributed by atoms with E-state index in [-0.39, 0.29) is 18.3 Å². The summed E-state index contributed by atoms with van der Waals surface area (Å²) in [6, 6.07) is 10.9. The van der Waals surface area contributed by atoms with Crippen molar-refractivity contribution in [2.75, 3.05) is 30.6 Å². The van der Waals surface area contributed by atoms with Crippen molar-refractivity contribution in [1.29, 1.82) is 0 Å². The fourth-order valence-corrected chi connectivity index (χ4v) is 5.25. The van der Waals surface area contributed by atoms with E-state index in [1.165, 1.54) is 24.7 Å². The van der Waals surface area contributed by atoms with Crippen molar-refractivity contribution >= 4 is 44.4 Å². The van der Waals surface area contributed by atoms with Crippen molar-refractivity contribution in [3.8, 4) is 22.1 Å². The molecule has 1 aliphatic heterocycles. The normalized spacial score (nSPS) is 12.7. The zero-order valence-corrected chi connectivity index (χ0v) is 21.9. The maximum atomic E-state index is 13.1. The highest BCUT2D eigenvalue weighted by Crippen LogP contribution is 2.40. The van der Waals surface area contributed by atoms with Gasteiger partial charge in [0.15, 0.2) is 11.5 Å². The number of halogens is 1. The Bertz CT molecular complexity index is 1260. The van der Waals surface area contributed by atoms with Gasteiger partial charge in [0.2, 0.25) is 0 Å². The number of hydrogen-bond donors (Lipinski definition) is 0. The lowest BCUT2D eigenvalue weighted by atomic mass is 10.2. The second-order valence-corrected chi connectivity index (χ2v) is 11.1. The standard InChI is InChI=1S/C22H21ClN2O5S2.C2H6/c1-29-19-11-16(5-7-18(19)30-8-3-9-32(2,27)28)25-13-14-10-20(31-21(14)22(25)26)17-6-4-15(23)12-24-17;1-2/h4-7,10-12H,3,8-9,13H2,1-2H3;1-2H3. The Labute approximate surface area is 209 Å². The summed E-state index contributed by atoms with van der Waals surface area (Å²) in [5.41, 5.74) is 2.43. The van der Waals surface area contributed by atoms with Gasteiger partial charge in [-0.05, 0) is 42.3 Å². The minimum Gasteiger partial charge on any atom is -0.493 e. The molecule has 0 atom stereocenters. The smallest absolute Gasteiger partial charge is 0.269 e. The van der Waals surface area contributed by atoms with Gasteiger partial charge in [-0.15, -0.1) is 11.3 Å². The largest absolute Gasteiger partial charge is 0.493 e. The van der Waals surface area contributed by atoms with E-state index in [9.17, 15) is 13.2 Å². The summed E-state index contributed by atoms with van der Waals surface area (Å²) >= 11 is 7.32. The number of sulfone groups is 1. The van der Waals surface area contributed by atoms with Gasteiger partial charge in [0.25, 0.3) is 5.91 Å². The second-order valence-electron chi connectivity index (χ2n) is 7.39. The molecule has 4 rings (SSSR count). The molecular formula is C24H27ClN2O5S2. The number of carbonyl (C=O) groups excluding carboxylic acids is 1. The minimum absolute atomic E-state index is 0.0611. The molecule has 1 amide bonds. The molecule has 3 aromatic rings. The van der Waals surface area contributed by atoms with Crippen LogP contribution in [0.1, 0.15) is 35.5 Å². The number of anilines is 1. The molecule has 0 saturated carbocycles. The highest BCUT2D eigenvalue weighted by molar-refractivity contribution is 7.90. The first-order valence-electron chi connectivity index (χ1n) is 10.8. The molecule has 0 aliphatic carbocycles. The summed E-state index contributed by atoms with van der Waals surface area (Å²) in [7, 11) is -1.50. The zero-order valence-electron chi connectivity index (χ0n) is 19.5. The maximum Gasteiger partial charge on any atom is 0.269 e. The van der Waals surface area contributed by atoms with Crippen LogP contribution in [0.15, 0.2) is 42.6 Å². The van der Waals surface area contributed by atoms with Gasteiger partial charge in [0.05, 0.1) is 46.5 Å². The van der Waals surface area contributed by atoms with Gasteiger partial charge >= 0.3 is 0 Å². The van der Waals surface area contributed by atoms with E-state index < -0.39 is 9.84 Å². The van der Waals surface area contributed by atoms with Crippen LogP contribution >= 0.6 is 22.9 Å². The molecule has 0 radical (unpaired) electrons. The van der Waals surface area contributed by atoms with Gasteiger partial charge in [0, 0.05) is 24.2 Å². The third kappa shape index (κ3) is 6.08. The van der Waals surface area contributed by atoms with Crippen LogP contribution in [0.3, 0.4) is 0 Å². The number of thiophene rings is 1. The van der Waals surface area contributed by atoms with E-state index in [0.29, 0.717) is 40.1 Å². The van der Waals surface area contributed by atoms with E-state index in [4.69, 9.17) is 21.1 Å². The quantitative estimate of drug-likeness (QED) is 0.364. The fourth-order valence-electron chi connectivity index (χ4n) is 3.39. The second kappa shape index (κ2) is 11.2. The molecule has 1 aromatic carbocycles. The van der Waals surface area contributed by atoms with Crippen molar-refractivity contribution in [2.24, 2.45) is 0 Å². The molecule has 0 saturated heterocycles. The lowest BCUT2D eigenvalue weighted by Gasteiger charge is -2.18. The lowest BCUT2D eigenvalue weighted by Crippen LogP contribution is -2.23. The van der Waals surface area contributed by atoms with Crippen molar-refractivity contribution < 1.29 is 22.7 Å². The maximum absolute atomic E-state index is 13.1. The van der Waals surface area contributed by atoms with E-state index in [0.717, 1.165) is 16.1 Å². The van der Waals surface area contributed by atoms with Crippen molar-refractivity contribution in [2.45, 2.75) is 26.8 Å². The Morgan fingerprint density at radius 3 is 2.53 bits per heavy atom. The van der Waals surface area contributed by atoms with Crippen molar-refractivity contribution in [1.82, 2.24) is 4.98 Å². The van der Waals surface area contributed by atoms with E-state index in [1.54, 1.807) is 35.4 Å². The van der Waals surface area contributed by atoms with Gasteiger partial charge in [-0.3, -0.25) is 9.78 Å². The van der Waals surface area contributed by atoms with Crippen LogP contribution in [0.5, 0.6) is 11.5 Å². The summed E-state index contributed by atoms with van der Waals surface area (Å²) in [6.07, 6.45) is 3.18. The van der Waals surface area contributed by atoms with Crippen LogP contribution in [-0.2, 0) is 16.4 Å². The average Bonchev–Trinajstić information content (AvgIpc) is 3.37. The SMILES string of the molecule is CC.COc1cc(N2Cc3cc(-c4ccc(Cl)cn4)sc3C2=O)ccc1OCCCS(C)(=O)=O. The third-order valence-electron chi connectivity index (χ3n) is 4.93. The molecule has 10 heteroatoms. The molecule has 3 heterocycles. The first kappa shape index (κ1) is 26.0. The summed E-state index contributed by atoms with van der Waals surface area (Å²) in [6.45, 7) is 4.71. The molecule has 182 valence electrons. The monoisotopic (exact) mass is 522 g/mol. The fraction of sp³-hybridized carbons (Fsp3) is 0.333. The van der Waals surface area contributed by atoms with E-state index >= 15 is 0 Å². The predicted octanol–water partition coefficient (Wildman–Crippen LogP) is 5.47. The van der Waals surface area contributed by atoms with Crippen LogP contribution in [0.25, 0.3) is 10.6 Å². The Morgan fingerprint density at radius 1 is 1.15 bits per heavy atom. The summed E-state index contributed by atoms with van der Waals surface area (Å²) in [5.74, 6) is 0.971. The number of carbonyl (C=O) groups is 1.